The van der Waals surface area contributed by atoms with Crippen molar-refractivity contribution in [1.82, 2.24) is 4.57 Å². The third-order valence-corrected chi connectivity index (χ3v) is 4.60. The number of hydrogen-bond donors (Lipinski definition) is 1. The van der Waals surface area contributed by atoms with Crippen LogP contribution in [0.15, 0.2) is 35.9 Å². The molecule has 0 radical (unpaired) electrons. The van der Waals surface area contributed by atoms with Gasteiger partial charge < -0.3 is 19.4 Å². The summed E-state index contributed by atoms with van der Waals surface area (Å²) in [5.41, 5.74) is 1.37. The van der Waals surface area contributed by atoms with Crippen molar-refractivity contribution in [2.24, 2.45) is 0 Å². The molecule has 1 aromatic carbocycles. The average Bonchev–Trinajstić information content (AvgIpc) is 3.00. The second-order valence-electron chi connectivity index (χ2n) is 6.84. The topological polar surface area (TPSA) is 93.3 Å². The molecular weight excluding hydrogens is 427 g/mol. The van der Waals surface area contributed by atoms with Crippen LogP contribution in [0.4, 0.5) is 18.9 Å². The minimum absolute atomic E-state index is 0.110. The SMILES string of the molecule is COCCn1c(C)cc(/C=C(/C#N)C(=O)OCC(=O)Nc2ccc(C(F)(F)F)cc2)c1C. The molecule has 1 amide bonds. The maximum atomic E-state index is 12.6. The maximum Gasteiger partial charge on any atom is 0.416 e. The predicted octanol–water partition coefficient (Wildman–Crippen LogP) is 3.86. The number of amides is 1. The standard InChI is InChI=1S/C22H22F3N3O4/c1-14-10-16(15(2)28(14)8-9-31-3)11-17(12-26)21(30)32-13-20(29)27-19-6-4-18(5-7-19)22(23,24)25/h4-7,10-11H,8-9,13H2,1-3H3,(H,27,29)/b17-11-. The maximum absolute atomic E-state index is 12.6. The third-order valence-electron chi connectivity index (χ3n) is 4.60. The molecule has 0 aliphatic rings. The highest BCUT2D eigenvalue weighted by molar-refractivity contribution is 6.00. The Hall–Kier alpha value is -3.58. The van der Waals surface area contributed by atoms with Crippen LogP contribution < -0.4 is 5.32 Å². The van der Waals surface area contributed by atoms with Gasteiger partial charge in [0.2, 0.25) is 0 Å². The van der Waals surface area contributed by atoms with Crippen molar-refractivity contribution in [3.8, 4) is 6.07 Å². The van der Waals surface area contributed by atoms with E-state index in [4.69, 9.17) is 9.47 Å². The van der Waals surface area contributed by atoms with E-state index in [1.165, 1.54) is 6.08 Å². The minimum atomic E-state index is -4.49. The number of ether oxygens (including phenoxy) is 2. The Morgan fingerprint density at radius 3 is 2.44 bits per heavy atom. The largest absolute Gasteiger partial charge is 0.451 e. The number of benzene rings is 1. The molecule has 0 saturated heterocycles. The van der Waals surface area contributed by atoms with Crippen molar-refractivity contribution >= 4 is 23.6 Å². The van der Waals surface area contributed by atoms with Crippen LogP contribution in [0.3, 0.4) is 0 Å². The molecule has 2 aromatic rings. The monoisotopic (exact) mass is 449 g/mol. The zero-order valence-corrected chi connectivity index (χ0v) is 17.7. The molecule has 7 nitrogen and oxygen atoms in total. The lowest BCUT2D eigenvalue weighted by atomic mass is 10.1. The molecule has 1 aromatic heterocycles. The second-order valence-corrected chi connectivity index (χ2v) is 6.84. The van der Waals surface area contributed by atoms with Crippen LogP contribution in [0.2, 0.25) is 0 Å². The Bertz CT molecular complexity index is 1050. The summed E-state index contributed by atoms with van der Waals surface area (Å²) in [7, 11) is 1.59. The van der Waals surface area contributed by atoms with E-state index < -0.39 is 30.2 Å². The summed E-state index contributed by atoms with van der Waals surface area (Å²) in [6.07, 6.45) is -3.11. The fraction of sp³-hybridized carbons (Fsp3) is 0.318. The van der Waals surface area contributed by atoms with Crippen molar-refractivity contribution in [2.75, 3.05) is 25.6 Å². The van der Waals surface area contributed by atoms with Crippen LogP contribution in [0.25, 0.3) is 6.08 Å². The van der Waals surface area contributed by atoms with Gasteiger partial charge in [0, 0.05) is 30.7 Å². The lowest BCUT2D eigenvalue weighted by Gasteiger charge is -2.09. The number of aryl methyl sites for hydroxylation is 1. The highest BCUT2D eigenvalue weighted by Crippen LogP contribution is 2.29. The lowest BCUT2D eigenvalue weighted by molar-refractivity contribution is -0.142. The van der Waals surface area contributed by atoms with E-state index in [-0.39, 0.29) is 11.3 Å². The molecule has 1 heterocycles. The Kier molecular flexibility index (Phi) is 8.21. The van der Waals surface area contributed by atoms with Gasteiger partial charge in [0.1, 0.15) is 11.6 Å². The van der Waals surface area contributed by atoms with Gasteiger partial charge in [0.25, 0.3) is 5.91 Å². The predicted molar refractivity (Wildman–Crippen MR) is 110 cm³/mol. The zero-order valence-electron chi connectivity index (χ0n) is 17.7. The van der Waals surface area contributed by atoms with Gasteiger partial charge in [0.05, 0.1) is 12.2 Å². The average molecular weight is 449 g/mol. The molecule has 1 N–H and O–H groups in total. The molecule has 0 fully saturated rings. The number of hydrogen-bond acceptors (Lipinski definition) is 5. The van der Waals surface area contributed by atoms with E-state index in [1.807, 2.05) is 24.5 Å². The third kappa shape index (κ3) is 6.46. The molecule has 0 bridgehead atoms. The summed E-state index contributed by atoms with van der Waals surface area (Å²) >= 11 is 0. The highest BCUT2D eigenvalue weighted by Gasteiger charge is 2.30. The number of methoxy groups -OCH3 is 1. The van der Waals surface area contributed by atoms with Crippen LogP contribution in [-0.4, -0.2) is 36.8 Å². The number of nitrogens with one attached hydrogen (secondary N) is 1. The number of nitrogens with zero attached hydrogens (tertiary/aromatic N) is 2. The highest BCUT2D eigenvalue weighted by atomic mass is 19.4. The Labute approximate surface area is 183 Å². The summed E-state index contributed by atoms with van der Waals surface area (Å²) in [6, 6.07) is 7.38. The van der Waals surface area contributed by atoms with Crippen molar-refractivity contribution in [3.05, 3.63) is 58.4 Å². The summed E-state index contributed by atoms with van der Waals surface area (Å²) in [6.45, 7) is 4.13. The summed E-state index contributed by atoms with van der Waals surface area (Å²) in [5.74, 6) is -1.75. The van der Waals surface area contributed by atoms with Gasteiger partial charge in [-0.1, -0.05) is 0 Å². The van der Waals surface area contributed by atoms with Crippen LogP contribution in [0.1, 0.15) is 22.5 Å². The molecule has 0 unspecified atom stereocenters. The van der Waals surface area contributed by atoms with Crippen LogP contribution >= 0.6 is 0 Å². The van der Waals surface area contributed by atoms with Crippen LogP contribution in [0.5, 0.6) is 0 Å². The first-order valence-electron chi connectivity index (χ1n) is 9.48. The molecule has 10 heteroatoms. The number of alkyl halides is 3. The second kappa shape index (κ2) is 10.6. The first-order valence-corrected chi connectivity index (χ1v) is 9.48. The number of carbonyl (C=O) groups excluding carboxylic acids is 2. The van der Waals surface area contributed by atoms with Gasteiger partial charge in [-0.25, -0.2) is 4.79 Å². The van der Waals surface area contributed by atoms with E-state index in [0.717, 1.165) is 35.7 Å². The summed E-state index contributed by atoms with van der Waals surface area (Å²) in [4.78, 5) is 24.2. The molecule has 2 rings (SSSR count). The Morgan fingerprint density at radius 2 is 1.88 bits per heavy atom. The number of anilines is 1. The first-order chi connectivity index (χ1) is 15.1. The fourth-order valence-electron chi connectivity index (χ4n) is 2.94. The Balaban J connectivity index is 2.00. The minimum Gasteiger partial charge on any atom is -0.451 e. The van der Waals surface area contributed by atoms with E-state index in [2.05, 4.69) is 5.32 Å². The Morgan fingerprint density at radius 1 is 1.22 bits per heavy atom. The van der Waals surface area contributed by atoms with E-state index in [9.17, 15) is 28.0 Å². The summed E-state index contributed by atoms with van der Waals surface area (Å²) < 4.78 is 49.7. The number of nitriles is 1. The molecule has 32 heavy (non-hydrogen) atoms. The van der Waals surface area contributed by atoms with Crippen molar-refractivity contribution in [1.29, 1.82) is 5.26 Å². The van der Waals surface area contributed by atoms with Gasteiger partial charge >= 0.3 is 12.1 Å². The van der Waals surface area contributed by atoms with Gasteiger partial charge in [-0.3, -0.25) is 4.79 Å². The quantitative estimate of drug-likeness (QED) is 0.375. The van der Waals surface area contributed by atoms with Crippen molar-refractivity contribution < 1.29 is 32.2 Å². The number of esters is 1. The lowest BCUT2D eigenvalue weighted by Crippen LogP contribution is -2.21. The smallest absolute Gasteiger partial charge is 0.416 e. The number of rotatable bonds is 8. The van der Waals surface area contributed by atoms with E-state index in [0.29, 0.717) is 18.7 Å². The van der Waals surface area contributed by atoms with Gasteiger partial charge in [0.15, 0.2) is 6.61 Å². The van der Waals surface area contributed by atoms with Crippen LogP contribution in [0, 0.1) is 25.2 Å². The van der Waals surface area contributed by atoms with Gasteiger partial charge in [-0.15, -0.1) is 0 Å². The zero-order chi connectivity index (χ0) is 23.9. The number of halogens is 3. The molecule has 170 valence electrons. The molecule has 0 atom stereocenters. The normalized spacial score (nSPS) is 11.7. The summed E-state index contributed by atoms with van der Waals surface area (Å²) in [5, 5.41) is 11.6. The number of aromatic nitrogens is 1. The molecule has 0 aliphatic heterocycles. The van der Waals surface area contributed by atoms with Crippen LogP contribution in [-0.2, 0) is 31.8 Å². The van der Waals surface area contributed by atoms with Gasteiger partial charge in [-0.2, -0.15) is 18.4 Å². The fourth-order valence-corrected chi connectivity index (χ4v) is 2.94. The number of carbonyl (C=O) groups is 2. The van der Waals surface area contributed by atoms with Crippen molar-refractivity contribution in [3.63, 3.8) is 0 Å². The molecule has 0 aliphatic carbocycles. The van der Waals surface area contributed by atoms with Gasteiger partial charge in [-0.05, 0) is 55.8 Å². The van der Waals surface area contributed by atoms with E-state index >= 15 is 0 Å². The molecular formula is C22H22F3N3O4. The molecule has 0 spiro atoms. The first kappa shape index (κ1) is 24.7. The van der Waals surface area contributed by atoms with Crippen molar-refractivity contribution in [2.45, 2.75) is 26.6 Å². The van der Waals surface area contributed by atoms with E-state index in [1.54, 1.807) is 13.2 Å². The molecule has 0 saturated carbocycles.